The third-order valence-electron chi connectivity index (χ3n) is 6.00. The number of tetrazole rings is 1. The van der Waals surface area contributed by atoms with Crippen molar-refractivity contribution < 1.29 is 24.2 Å². The Kier molecular flexibility index (Phi) is 7.82. The molecule has 5 rings (SSSR count). The van der Waals surface area contributed by atoms with Gasteiger partial charge in [-0.1, -0.05) is 11.6 Å². The van der Waals surface area contributed by atoms with Crippen LogP contribution in [0, 0.1) is 0 Å². The van der Waals surface area contributed by atoms with Gasteiger partial charge < -0.3 is 20.5 Å². The average molecular weight is 563 g/mol. The van der Waals surface area contributed by atoms with E-state index in [4.69, 9.17) is 21.4 Å². The van der Waals surface area contributed by atoms with E-state index in [0.29, 0.717) is 46.7 Å². The minimum Gasteiger partial charge on any atom is -0.478 e. The largest absolute Gasteiger partial charge is 0.478 e. The SMILES string of the molecule is O=C(C=Cc1cc(Cl)ccc1-n1cnnn1)N[C@@H](Cc1cc2n(n1)CCCO2)C(=O)Nc1ccc(C(=O)O)cc1. The first-order valence-electron chi connectivity index (χ1n) is 12.2. The van der Waals surface area contributed by atoms with Gasteiger partial charge in [-0.05, 0) is 59.0 Å². The lowest BCUT2D eigenvalue weighted by molar-refractivity contribution is -0.123. The van der Waals surface area contributed by atoms with Crippen molar-refractivity contribution in [2.75, 3.05) is 11.9 Å². The molecule has 204 valence electrons. The number of nitrogens with zero attached hydrogens (tertiary/aromatic N) is 6. The summed E-state index contributed by atoms with van der Waals surface area (Å²) in [5.41, 5.74) is 2.20. The number of benzene rings is 2. The van der Waals surface area contributed by atoms with Crippen LogP contribution in [-0.2, 0) is 22.6 Å². The average Bonchev–Trinajstić information content (AvgIpc) is 3.62. The predicted octanol–water partition coefficient (Wildman–Crippen LogP) is 2.37. The summed E-state index contributed by atoms with van der Waals surface area (Å²) in [7, 11) is 0. The Hall–Kier alpha value is -5.04. The monoisotopic (exact) mass is 562 g/mol. The molecule has 2 amide bonds. The molecule has 1 aliphatic rings. The highest BCUT2D eigenvalue weighted by atomic mass is 35.5. The van der Waals surface area contributed by atoms with Gasteiger partial charge in [0.1, 0.15) is 12.4 Å². The van der Waals surface area contributed by atoms with Crippen molar-refractivity contribution in [3.63, 3.8) is 0 Å². The molecule has 1 atom stereocenters. The third-order valence-corrected chi connectivity index (χ3v) is 6.24. The van der Waals surface area contributed by atoms with E-state index in [1.54, 1.807) is 35.0 Å². The minimum atomic E-state index is -1.08. The van der Waals surface area contributed by atoms with Gasteiger partial charge in [0.05, 0.1) is 23.6 Å². The van der Waals surface area contributed by atoms with Gasteiger partial charge in [-0.15, -0.1) is 5.10 Å². The number of nitrogens with one attached hydrogen (secondary N) is 2. The number of carbonyl (C=O) groups excluding carboxylic acids is 2. The van der Waals surface area contributed by atoms with E-state index in [1.807, 2.05) is 0 Å². The lowest BCUT2D eigenvalue weighted by atomic mass is 10.1. The van der Waals surface area contributed by atoms with Crippen LogP contribution in [0.5, 0.6) is 5.88 Å². The van der Waals surface area contributed by atoms with Gasteiger partial charge in [-0.3, -0.25) is 9.59 Å². The Bertz CT molecular complexity index is 1540. The van der Waals surface area contributed by atoms with Crippen LogP contribution in [0.25, 0.3) is 11.8 Å². The topological polar surface area (TPSA) is 166 Å². The standard InChI is InChI=1S/C26H23ClN8O5/c27-18-5-8-22(35-15-28-32-33-35)17(12-18)4-9-23(36)30-21(13-20-14-24-34(31-20)10-1-11-40-24)25(37)29-19-6-2-16(3-7-19)26(38)39/h2-9,12,14-15,21H,1,10-11,13H2,(H,29,37)(H,30,36)(H,38,39)/t21-/m0/s1. The molecule has 14 heteroatoms. The zero-order chi connectivity index (χ0) is 28.1. The second kappa shape index (κ2) is 11.8. The molecule has 0 radical (unpaired) electrons. The number of ether oxygens (including phenoxy) is 1. The summed E-state index contributed by atoms with van der Waals surface area (Å²) in [5.74, 6) is -1.52. The summed E-state index contributed by atoms with van der Waals surface area (Å²) in [5, 5.41) is 30.7. The molecule has 0 spiro atoms. The van der Waals surface area contributed by atoms with Crippen LogP contribution in [0.15, 0.2) is 60.9 Å². The summed E-state index contributed by atoms with van der Waals surface area (Å²) in [6.07, 6.45) is 5.15. The fraction of sp³-hybridized carbons (Fsp3) is 0.192. The first-order valence-corrected chi connectivity index (χ1v) is 12.6. The molecule has 1 aliphatic heterocycles. The Morgan fingerprint density at radius 2 is 1.98 bits per heavy atom. The molecule has 0 aliphatic carbocycles. The van der Waals surface area contributed by atoms with E-state index in [-0.39, 0.29) is 12.0 Å². The van der Waals surface area contributed by atoms with E-state index >= 15 is 0 Å². The van der Waals surface area contributed by atoms with Crippen LogP contribution in [0.2, 0.25) is 5.02 Å². The van der Waals surface area contributed by atoms with Crippen molar-refractivity contribution in [2.24, 2.45) is 0 Å². The maximum absolute atomic E-state index is 13.3. The van der Waals surface area contributed by atoms with E-state index in [0.717, 1.165) is 6.42 Å². The molecule has 40 heavy (non-hydrogen) atoms. The first kappa shape index (κ1) is 26.6. The van der Waals surface area contributed by atoms with Gasteiger partial charge in [0.25, 0.3) is 0 Å². The Morgan fingerprint density at radius 1 is 1.15 bits per heavy atom. The van der Waals surface area contributed by atoms with Gasteiger partial charge in [-0.2, -0.15) is 9.78 Å². The van der Waals surface area contributed by atoms with Crippen molar-refractivity contribution in [3.8, 4) is 11.6 Å². The summed E-state index contributed by atoms with van der Waals surface area (Å²) in [4.78, 5) is 37.4. The second-order valence-electron chi connectivity index (χ2n) is 8.83. The van der Waals surface area contributed by atoms with Crippen LogP contribution in [0.3, 0.4) is 0 Å². The molecule has 3 heterocycles. The number of aryl methyl sites for hydroxylation is 1. The number of carboxylic acids is 1. The maximum atomic E-state index is 13.3. The molecule has 0 unspecified atom stereocenters. The number of carbonyl (C=O) groups is 3. The summed E-state index contributed by atoms with van der Waals surface area (Å²) >= 11 is 6.16. The molecule has 4 aromatic rings. The molecule has 13 nitrogen and oxygen atoms in total. The van der Waals surface area contributed by atoms with Gasteiger partial charge >= 0.3 is 5.97 Å². The number of fused-ring (bicyclic) bond motifs is 1. The smallest absolute Gasteiger partial charge is 0.335 e. The lowest BCUT2D eigenvalue weighted by Gasteiger charge is -2.17. The summed E-state index contributed by atoms with van der Waals surface area (Å²) in [6.45, 7) is 1.28. The molecule has 2 aromatic carbocycles. The molecule has 3 N–H and O–H groups in total. The number of aromatic nitrogens is 6. The predicted molar refractivity (Wildman–Crippen MR) is 143 cm³/mol. The number of amides is 2. The third kappa shape index (κ3) is 6.32. The Labute approximate surface area is 232 Å². The Morgan fingerprint density at radius 3 is 2.70 bits per heavy atom. The van der Waals surface area contributed by atoms with Crippen molar-refractivity contribution in [2.45, 2.75) is 25.4 Å². The van der Waals surface area contributed by atoms with E-state index < -0.39 is 23.8 Å². The molecule has 2 aromatic heterocycles. The van der Waals surface area contributed by atoms with Crippen LogP contribution in [-0.4, -0.2) is 65.5 Å². The van der Waals surface area contributed by atoms with Crippen LogP contribution < -0.4 is 15.4 Å². The zero-order valence-electron chi connectivity index (χ0n) is 20.9. The highest BCUT2D eigenvalue weighted by molar-refractivity contribution is 6.30. The number of hydrogen-bond acceptors (Lipinski definition) is 8. The van der Waals surface area contributed by atoms with E-state index in [1.165, 1.54) is 41.4 Å². The molecule has 0 bridgehead atoms. The van der Waals surface area contributed by atoms with Crippen LogP contribution in [0.1, 0.15) is 28.0 Å². The lowest BCUT2D eigenvalue weighted by Crippen LogP contribution is -2.44. The van der Waals surface area contributed by atoms with Crippen molar-refractivity contribution in [1.29, 1.82) is 0 Å². The summed E-state index contributed by atoms with van der Waals surface area (Å²) in [6, 6.07) is 11.5. The summed E-state index contributed by atoms with van der Waals surface area (Å²) < 4.78 is 8.77. The van der Waals surface area contributed by atoms with Gasteiger partial charge in [-0.25, -0.2) is 9.48 Å². The number of rotatable bonds is 9. The molecule has 0 saturated heterocycles. The first-order chi connectivity index (χ1) is 19.4. The number of halogens is 1. The van der Waals surface area contributed by atoms with E-state index in [2.05, 4.69) is 31.3 Å². The van der Waals surface area contributed by atoms with Crippen molar-refractivity contribution >= 4 is 41.1 Å². The normalized spacial score (nSPS) is 13.3. The second-order valence-corrected chi connectivity index (χ2v) is 9.26. The highest BCUT2D eigenvalue weighted by Gasteiger charge is 2.24. The van der Waals surface area contributed by atoms with Crippen LogP contribution >= 0.6 is 11.6 Å². The van der Waals surface area contributed by atoms with Crippen molar-refractivity contribution in [3.05, 3.63) is 82.8 Å². The zero-order valence-corrected chi connectivity index (χ0v) is 21.7. The van der Waals surface area contributed by atoms with Gasteiger partial charge in [0.2, 0.25) is 17.7 Å². The minimum absolute atomic E-state index is 0.0821. The fourth-order valence-corrected chi connectivity index (χ4v) is 4.27. The molecule has 0 saturated carbocycles. The fourth-order valence-electron chi connectivity index (χ4n) is 4.09. The number of carboxylic acid groups (broad SMARTS) is 1. The molecular formula is C26H23ClN8O5. The number of aromatic carboxylic acids is 1. The van der Waals surface area contributed by atoms with Crippen molar-refractivity contribution in [1.82, 2.24) is 35.3 Å². The van der Waals surface area contributed by atoms with E-state index in [9.17, 15) is 14.4 Å². The quantitative estimate of drug-likeness (QED) is 0.259. The molecular weight excluding hydrogens is 540 g/mol. The Balaban J connectivity index is 1.35. The van der Waals surface area contributed by atoms with Crippen LogP contribution in [0.4, 0.5) is 5.69 Å². The number of anilines is 1. The highest BCUT2D eigenvalue weighted by Crippen LogP contribution is 2.21. The number of hydrogen-bond donors (Lipinski definition) is 3. The maximum Gasteiger partial charge on any atom is 0.335 e. The van der Waals surface area contributed by atoms with Gasteiger partial charge in [0, 0.05) is 47.8 Å². The van der Waals surface area contributed by atoms with Gasteiger partial charge in [0.15, 0.2) is 0 Å². The molecule has 0 fully saturated rings.